The lowest BCUT2D eigenvalue weighted by Gasteiger charge is -2.17. The largest absolute Gasteiger partial charge is 0.416 e. The molecule has 114 valence electrons. The Morgan fingerprint density at radius 3 is 2.10 bits per heavy atom. The Balaban J connectivity index is 2.96. The van der Waals surface area contributed by atoms with Crippen LogP contribution in [0.4, 0.5) is 42.4 Å². The summed E-state index contributed by atoms with van der Waals surface area (Å²) in [7, 11) is 0. The number of halogens is 7. The Bertz CT molecular complexity index is 460. The number of hydrogen-bond acceptors (Lipinski definition) is 4. The Kier molecular flexibility index (Phi) is 4.63. The molecule has 0 radical (unpaired) electrons. The fourth-order valence-electron chi connectivity index (χ4n) is 1.14. The van der Waals surface area contributed by atoms with E-state index >= 15 is 0 Å². The molecule has 0 atom stereocenters. The van der Waals surface area contributed by atoms with E-state index in [1.54, 1.807) is 5.32 Å². The van der Waals surface area contributed by atoms with Gasteiger partial charge in [0, 0.05) is 0 Å². The number of nitrogens with zero attached hydrogens (tertiary/aromatic N) is 1. The third kappa shape index (κ3) is 4.11. The monoisotopic (exact) mass is 306 g/mol. The molecule has 20 heavy (non-hydrogen) atoms. The molecule has 4 N–H and O–H groups in total. The lowest BCUT2D eigenvalue weighted by atomic mass is 10.2. The number of alkyl halides is 7. The van der Waals surface area contributed by atoms with Crippen LogP contribution >= 0.6 is 0 Å². The molecule has 11 heteroatoms. The highest BCUT2D eigenvalue weighted by atomic mass is 19.4. The third-order valence-electron chi connectivity index (χ3n) is 2.13. The summed E-state index contributed by atoms with van der Waals surface area (Å²) < 4.78 is 86.6. The number of hydrogen-bond donors (Lipinski definition) is 3. The van der Waals surface area contributed by atoms with Crippen LogP contribution in [0.5, 0.6) is 0 Å². The van der Waals surface area contributed by atoms with Gasteiger partial charge in [-0.05, 0) is 12.1 Å². The molecule has 0 aliphatic heterocycles. The molecule has 1 aromatic rings. The Hall–Kier alpha value is -1.78. The lowest BCUT2D eigenvalue weighted by molar-refractivity contribution is -0.137. The van der Waals surface area contributed by atoms with Gasteiger partial charge >= 0.3 is 18.5 Å². The standard InChI is InChI=1S/C9H9F7N4/c10-7(11)8(12,13)3-18-5-1-4(9(14,15)16)2-6(19-5)20-17/h1-2,7H,3,17H2,(H2,18,19,20). The van der Waals surface area contributed by atoms with E-state index in [-0.39, 0.29) is 0 Å². The molecule has 0 unspecified atom stereocenters. The van der Waals surface area contributed by atoms with Crippen LogP contribution < -0.4 is 16.6 Å². The molecular formula is C9H9F7N4. The summed E-state index contributed by atoms with van der Waals surface area (Å²) in [5, 5.41) is 1.72. The summed E-state index contributed by atoms with van der Waals surface area (Å²) in [6, 6.07) is 0.943. The smallest absolute Gasteiger partial charge is 0.364 e. The average Bonchev–Trinajstić information content (AvgIpc) is 2.34. The molecule has 1 rings (SSSR count). The van der Waals surface area contributed by atoms with Crippen molar-refractivity contribution in [3.63, 3.8) is 0 Å². The van der Waals surface area contributed by atoms with Gasteiger partial charge < -0.3 is 10.7 Å². The van der Waals surface area contributed by atoms with E-state index in [1.807, 2.05) is 5.43 Å². The Morgan fingerprint density at radius 1 is 1.10 bits per heavy atom. The molecule has 1 aromatic heterocycles. The van der Waals surface area contributed by atoms with Gasteiger partial charge in [0.15, 0.2) is 0 Å². The number of hydrazine groups is 1. The van der Waals surface area contributed by atoms with Gasteiger partial charge in [-0.3, -0.25) is 0 Å². The topological polar surface area (TPSA) is 63.0 Å². The number of nitrogen functional groups attached to an aromatic ring is 1. The van der Waals surface area contributed by atoms with Crippen molar-refractivity contribution in [2.75, 3.05) is 17.3 Å². The molecular weight excluding hydrogens is 297 g/mol. The van der Waals surface area contributed by atoms with Gasteiger partial charge in [-0.1, -0.05) is 0 Å². The number of anilines is 2. The SMILES string of the molecule is NNc1cc(C(F)(F)F)cc(NCC(F)(F)C(F)F)n1. The number of nitrogens with one attached hydrogen (secondary N) is 2. The normalized spacial score (nSPS) is 12.7. The molecule has 0 fully saturated rings. The zero-order chi connectivity index (χ0) is 15.6. The molecule has 4 nitrogen and oxygen atoms in total. The van der Waals surface area contributed by atoms with Gasteiger partial charge in [0.1, 0.15) is 11.6 Å². The van der Waals surface area contributed by atoms with Gasteiger partial charge in [0.05, 0.1) is 12.1 Å². The third-order valence-corrected chi connectivity index (χ3v) is 2.13. The summed E-state index contributed by atoms with van der Waals surface area (Å²) in [5.74, 6) is -0.626. The Labute approximate surface area is 108 Å². The van der Waals surface area contributed by atoms with Crippen molar-refractivity contribution in [1.82, 2.24) is 4.98 Å². The summed E-state index contributed by atoms with van der Waals surface area (Å²) in [5.41, 5.74) is 0.594. The quantitative estimate of drug-likeness (QED) is 0.445. The second-order valence-electron chi connectivity index (χ2n) is 3.68. The highest BCUT2D eigenvalue weighted by Crippen LogP contribution is 2.32. The van der Waals surface area contributed by atoms with Crippen molar-refractivity contribution < 1.29 is 30.7 Å². The van der Waals surface area contributed by atoms with Crippen molar-refractivity contribution in [2.45, 2.75) is 18.5 Å². The van der Waals surface area contributed by atoms with Crippen molar-refractivity contribution in [2.24, 2.45) is 5.84 Å². The van der Waals surface area contributed by atoms with Crippen LogP contribution in [-0.4, -0.2) is 23.9 Å². The first-order valence-corrected chi connectivity index (χ1v) is 5.02. The molecule has 0 saturated carbocycles. The molecule has 1 heterocycles. The highest BCUT2D eigenvalue weighted by molar-refractivity contribution is 5.49. The first-order valence-electron chi connectivity index (χ1n) is 5.02. The minimum Gasteiger partial charge on any atom is -0.364 e. The minimum atomic E-state index is -4.77. The maximum atomic E-state index is 12.6. The predicted octanol–water partition coefficient (Wildman–Crippen LogP) is 2.70. The molecule has 0 saturated heterocycles. The van der Waals surface area contributed by atoms with Crippen LogP contribution in [-0.2, 0) is 6.18 Å². The van der Waals surface area contributed by atoms with Gasteiger partial charge in [-0.25, -0.2) is 19.6 Å². The molecule has 0 spiro atoms. The molecule has 0 aliphatic rings. The zero-order valence-corrected chi connectivity index (χ0v) is 9.61. The van der Waals surface area contributed by atoms with E-state index in [2.05, 4.69) is 4.98 Å². The maximum Gasteiger partial charge on any atom is 0.416 e. The molecule has 0 bridgehead atoms. The van der Waals surface area contributed by atoms with Crippen molar-refractivity contribution >= 4 is 11.6 Å². The van der Waals surface area contributed by atoms with E-state index in [0.29, 0.717) is 12.1 Å². The first kappa shape index (κ1) is 16.3. The van der Waals surface area contributed by atoms with Crippen LogP contribution in [0.1, 0.15) is 5.56 Å². The first-order chi connectivity index (χ1) is 9.06. The summed E-state index contributed by atoms with van der Waals surface area (Å²) in [6.45, 7) is -1.57. The van der Waals surface area contributed by atoms with Crippen molar-refractivity contribution in [3.8, 4) is 0 Å². The number of nitrogens with two attached hydrogens (primary N) is 1. The van der Waals surface area contributed by atoms with Gasteiger partial charge in [-0.2, -0.15) is 22.0 Å². The number of aromatic nitrogens is 1. The van der Waals surface area contributed by atoms with E-state index in [1.165, 1.54) is 0 Å². The number of rotatable bonds is 5. The van der Waals surface area contributed by atoms with Gasteiger partial charge in [0.25, 0.3) is 0 Å². The summed E-state index contributed by atoms with van der Waals surface area (Å²) in [6.07, 6.45) is -8.72. The van der Waals surface area contributed by atoms with Gasteiger partial charge in [0.2, 0.25) is 0 Å². The molecule has 0 aliphatic carbocycles. The average molecular weight is 306 g/mol. The predicted molar refractivity (Wildman–Crippen MR) is 56.5 cm³/mol. The van der Waals surface area contributed by atoms with E-state index in [9.17, 15) is 30.7 Å². The Morgan fingerprint density at radius 2 is 1.65 bits per heavy atom. The second kappa shape index (κ2) is 5.69. The van der Waals surface area contributed by atoms with Crippen LogP contribution in [0.25, 0.3) is 0 Å². The molecule has 0 aromatic carbocycles. The van der Waals surface area contributed by atoms with Crippen LogP contribution in [0.3, 0.4) is 0 Å². The second-order valence-corrected chi connectivity index (χ2v) is 3.68. The van der Waals surface area contributed by atoms with Gasteiger partial charge in [-0.15, -0.1) is 0 Å². The number of pyridine rings is 1. The zero-order valence-electron chi connectivity index (χ0n) is 9.61. The van der Waals surface area contributed by atoms with Crippen molar-refractivity contribution in [1.29, 1.82) is 0 Å². The lowest BCUT2D eigenvalue weighted by Crippen LogP contribution is -2.35. The van der Waals surface area contributed by atoms with Crippen LogP contribution in [0, 0.1) is 0 Å². The van der Waals surface area contributed by atoms with Crippen LogP contribution in [0.2, 0.25) is 0 Å². The van der Waals surface area contributed by atoms with E-state index < -0.39 is 42.3 Å². The van der Waals surface area contributed by atoms with Crippen LogP contribution in [0.15, 0.2) is 12.1 Å². The maximum absolute atomic E-state index is 12.6. The minimum absolute atomic E-state index is 0.405. The molecule has 0 amide bonds. The summed E-state index contributed by atoms with van der Waals surface area (Å²) in [4.78, 5) is 3.40. The van der Waals surface area contributed by atoms with E-state index in [0.717, 1.165) is 0 Å². The van der Waals surface area contributed by atoms with E-state index in [4.69, 9.17) is 5.84 Å². The fraction of sp³-hybridized carbons (Fsp3) is 0.444. The fourth-order valence-corrected chi connectivity index (χ4v) is 1.14. The summed E-state index contributed by atoms with van der Waals surface area (Å²) >= 11 is 0. The van der Waals surface area contributed by atoms with Crippen molar-refractivity contribution in [3.05, 3.63) is 17.7 Å². The highest BCUT2D eigenvalue weighted by Gasteiger charge is 2.40.